The minimum atomic E-state index is -0.210. The molecule has 0 atom stereocenters. The zero-order valence-electron chi connectivity index (χ0n) is 14.9. The van der Waals surface area contributed by atoms with Crippen LogP contribution in [0, 0.1) is 12.7 Å². The first-order chi connectivity index (χ1) is 12.6. The smallest absolute Gasteiger partial charge is 0.274 e. The molecule has 1 fully saturated rings. The molecule has 26 heavy (non-hydrogen) atoms. The van der Waals surface area contributed by atoms with Gasteiger partial charge in [-0.2, -0.15) is 5.10 Å². The zero-order chi connectivity index (χ0) is 18.1. The molecule has 1 aromatic heterocycles. The van der Waals surface area contributed by atoms with Gasteiger partial charge in [0.05, 0.1) is 6.61 Å². The number of carbonyl (C=O) groups is 1. The van der Waals surface area contributed by atoms with E-state index in [1.807, 2.05) is 17.9 Å². The number of hydrogen-bond donors (Lipinski definition) is 0. The summed E-state index contributed by atoms with van der Waals surface area (Å²) in [6.07, 6.45) is 0.917. The lowest BCUT2D eigenvalue weighted by molar-refractivity contribution is 0.0621. The molecule has 0 spiro atoms. The van der Waals surface area contributed by atoms with Crippen molar-refractivity contribution in [1.29, 1.82) is 0 Å². The SMILES string of the molecule is Cc1c(C(=O)N2CCN(Cc3cccc(F)c3)CC2)nn2c1OCCC2. The molecule has 0 saturated carbocycles. The monoisotopic (exact) mass is 358 g/mol. The Labute approximate surface area is 152 Å². The van der Waals surface area contributed by atoms with Crippen LogP contribution in [0.2, 0.25) is 0 Å². The average molecular weight is 358 g/mol. The van der Waals surface area contributed by atoms with E-state index >= 15 is 0 Å². The predicted octanol–water partition coefficient (Wildman–Crippen LogP) is 2.07. The summed E-state index contributed by atoms with van der Waals surface area (Å²) >= 11 is 0. The third-order valence-corrected chi connectivity index (χ3v) is 5.04. The van der Waals surface area contributed by atoms with Gasteiger partial charge in [-0.1, -0.05) is 12.1 Å². The molecule has 2 aromatic rings. The third-order valence-electron chi connectivity index (χ3n) is 5.04. The second-order valence-electron chi connectivity index (χ2n) is 6.90. The number of aryl methyl sites for hydroxylation is 1. The third kappa shape index (κ3) is 3.31. The van der Waals surface area contributed by atoms with E-state index in [1.54, 1.807) is 16.8 Å². The molecule has 0 bridgehead atoms. The first-order valence-corrected chi connectivity index (χ1v) is 9.08. The Balaban J connectivity index is 1.39. The van der Waals surface area contributed by atoms with E-state index in [-0.39, 0.29) is 11.7 Å². The number of halogens is 1. The molecule has 1 aromatic carbocycles. The maximum absolute atomic E-state index is 13.3. The van der Waals surface area contributed by atoms with Crippen LogP contribution >= 0.6 is 0 Å². The number of amides is 1. The van der Waals surface area contributed by atoms with Crippen molar-refractivity contribution in [2.45, 2.75) is 26.4 Å². The molecule has 1 saturated heterocycles. The number of carbonyl (C=O) groups excluding carboxylic acids is 1. The van der Waals surface area contributed by atoms with Crippen molar-refractivity contribution in [3.05, 3.63) is 46.9 Å². The first-order valence-electron chi connectivity index (χ1n) is 9.08. The Kier molecular flexibility index (Phi) is 4.63. The number of piperazine rings is 1. The maximum Gasteiger partial charge on any atom is 0.274 e. The molecule has 2 aliphatic rings. The molecular weight excluding hydrogens is 335 g/mol. The van der Waals surface area contributed by atoms with Gasteiger partial charge < -0.3 is 9.64 Å². The van der Waals surface area contributed by atoms with E-state index in [1.165, 1.54) is 6.07 Å². The zero-order valence-corrected chi connectivity index (χ0v) is 14.9. The van der Waals surface area contributed by atoms with Crippen LogP contribution in [0.15, 0.2) is 24.3 Å². The topological polar surface area (TPSA) is 50.6 Å². The largest absolute Gasteiger partial charge is 0.478 e. The van der Waals surface area contributed by atoms with Crippen molar-refractivity contribution >= 4 is 5.91 Å². The molecule has 4 rings (SSSR count). The fourth-order valence-corrected chi connectivity index (χ4v) is 3.61. The molecule has 3 heterocycles. The molecule has 1 amide bonds. The summed E-state index contributed by atoms with van der Waals surface area (Å²) in [5.41, 5.74) is 2.29. The van der Waals surface area contributed by atoms with Crippen LogP contribution in [-0.4, -0.2) is 58.3 Å². The summed E-state index contributed by atoms with van der Waals surface area (Å²) in [7, 11) is 0. The molecular formula is C19H23FN4O2. The summed E-state index contributed by atoms with van der Waals surface area (Å²) in [5.74, 6) is 0.487. The maximum atomic E-state index is 13.3. The molecule has 6 nitrogen and oxygen atoms in total. The summed E-state index contributed by atoms with van der Waals surface area (Å²) in [6, 6.07) is 6.68. The number of benzene rings is 1. The number of aromatic nitrogens is 2. The van der Waals surface area contributed by atoms with Crippen LogP contribution < -0.4 is 4.74 Å². The van der Waals surface area contributed by atoms with Crippen molar-refractivity contribution < 1.29 is 13.9 Å². The fraction of sp³-hybridized carbons (Fsp3) is 0.474. The van der Waals surface area contributed by atoms with Crippen LogP contribution in [0.25, 0.3) is 0 Å². The van der Waals surface area contributed by atoms with Crippen LogP contribution in [0.5, 0.6) is 5.88 Å². The van der Waals surface area contributed by atoms with Crippen molar-refractivity contribution in [3.8, 4) is 5.88 Å². The number of nitrogens with zero attached hydrogens (tertiary/aromatic N) is 4. The fourth-order valence-electron chi connectivity index (χ4n) is 3.61. The Hall–Kier alpha value is -2.41. The van der Waals surface area contributed by atoms with Gasteiger partial charge in [-0.15, -0.1) is 0 Å². The molecule has 0 aliphatic carbocycles. The quantitative estimate of drug-likeness (QED) is 0.843. The van der Waals surface area contributed by atoms with E-state index in [0.717, 1.165) is 43.1 Å². The minimum absolute atomic E-state index is 0.0293. The van der Waals surface area contributed by atoms with Gasteiger partial charge >= 0.3 is 0 Å². The summed E-state index contributed by atoms with van der Waals surface area (Å²) in [4.78, 5) is 17.0. The highest BCUT2D eigenvalue weighted by molar-refractivity contribution is 5.94. The number of ether oxygens (including phenoxy) is 1. The molecule has 2 aliphatic heterocycles. The lowest BCUT2D eigenvalue weighted by atomic mass is 10.2. The average Bonchev–Trinajstić information content (AvgIpc) is 2.99. The van der Waals surface area contributed by atoms with Crippen LogP contribution in [0.1, 0.15) is 28.0 Å². The summed E-state index contributed by atoms with van der Waals surface area (Å²) < 4.78 is 20.8. The lowest BCUT2D eigenvalue weighted by Crippen LogP contribution is -2.48. The number of fused-ring (bicyclic) bond motifs is 1. The van der Waals surface area contributed by atoms with Crippen LogP contribution in [0.4, 0.5) is 4.39 Å². The van der Waals surface area contributed by atoms with Gasteiger partial charge in [0.1, 0.15) is 5.82 Å². The van der Waals surface area contributed by atoms with Gasteiger partial charge in [-0.25, -0.2) is 9.07 Å². The van der Waals surface area contributed by atoms with Crippen LogP contribution in [-0.2, 0) is 13.1 Å². The van der Waals surface area contributed by atoms with E-state index in [9.17, 15) is 9.18 Å². The van der Waals surface area contributed by atoms with Crippen molar-refractivity contribution in [3.63, 3.8) is 0 Å². The molecule has 138 valence electrons. The van der Waals surface area contributed by atoms with E-state index in [0.29, 0.717) is 31.9 Å². The highest BCUT2D eigenvalue weighted by atomic mass is 19.1. The van der Waals surface area contributed by atoms with Crippen molar-refractivity contribution in [2.24, 2.45) is 0 Å². The molecule has 0 unspecified atom stereocenters. The second-order valence-corrected chi connectivity index (χ2v) is 6.90. The highest BCUT2D eigenvalue weighted by Gasteiger charge is 2.28. The van der Waals surface area contributed by atoms with Gasteiger partial charge in [0.25, 0.3) is 5.91 Å². The Morgan fingerprint density at radius 2 is 2.04 bits per heavy atom. The second kappa shape index (κ2) is 7.07. The number of rotatable bonds is 3. The first kappa shape index (κ1) is 17.0. The van der Waals surface area contributed by atoms with Crippen molar-refractivity contribution in [2.75, 3.05) is 32.8 Å². The molecule has 0 radical (unpaired) electrons. The van der Waals surface area contributed by atoms with E-state index in [4.69, 9.17) is 4.74 Å². The van der Waals surface area contributed by atoms with Gasteiger partial charge in [0.2, 0.25) is 5.88 Å². The van der Waals surface area contributed by atoms with Crippen molar-refractivity contribution in [1.82, 2.24) is 19.6 Å². The van der Waals surface area contributed by atoms with Gasteiger partial charge in [-0.05, 0) is 24.6 Å². The Morgan fingerprint density at radius 1 is 1.23 bits per heavy atom. The molecule has 7 heteroatoms. The number of hydrogen-bond acceptors (Lipinski definition) is 4. The van der Waals surface area contributed by atoms with E-state index in [2.05, 4.69) is 10.00 Å². The predicted molar refractivity (Wildman–Crippen MR) is 94.7 cm³/mol. The van der Waals surface area contributed by atoms with Gasteiger partial charge in [0, 0.05) is 51.3 Å². The summed E-state index contributed by atoms with van der Waals surface area (Å²) in [6.45, 7) is 6.91. The standard InChI is InChI=1S/C19H23FN4O2/c1-14-17(21-24-6-3-11-26-19(14)24)18(25)23-9-7-22(8-10-23)13-15-4-2-5-16(20)12-15/h2,4-5,12H,3,6-11,13H2,1H3. The minimum Gasteiger partial charge on any atom is -0.478 e. The van der Waals surface area contributed by atoms with E-state index < -0.39 is 0 Å². The Morgan fingerprint density at radius 3 is 2.77 bits per heavy atom. The van der Waals surface area contributed by atoms with Gasteiger partial charge in [0.15, 0.2) is 5.69 Å². The summed E-state index contributed by atoms with van der Waals surface area (Å²) in [5, 5.41) is 4.47. The highest BCUT2D eigenvalue weighted by Crippen LogP contribution is 2.26. The lowest BCUT2D eigenvalue weighted by Gasteiger charge is -2.34. The van der Waals surface area contributed by atoms with Gasteiger partial charge in [-0.3, -0.25) is 9.69 Å². The normalized spacial score (nSPS) is 17.7. The van der Waals surface area contributed by atoms with Crippen LogP contribution in [0.3, 0.4) is 0 Å². The Bertz CT molecular complexity index is 812. The molecule has 0 N–H and O–H groups in total.